The summed E-state index contributed by atoms with van der Waals surface area (Å²) in [6, 6.07) is 0. The minimum absolute atomic E-state index is 0.0379. The summed E-state index contributed by atoms with van der Waals surface area (Å²) >= 11 is 0. The van der Waals surface area contributed by atoms with Crippen molar-refractivity contribution in [1.29, 1.82) is 0 Å². The molecule has 0 saturated carbocycles. The van der Waals surface area contributed by atoms with Crippen LogP contribution in [0.25, 0.3) is 0 Å². The zero-order valence-corrected chi connectivity index (χ0v) is 9.10. The number of allylic oxidation sites excluding steroid dienone is 1. The van der Waals surface area contributed by atoms with E-state index in [-0.39, 0.29) is 5.91 Å². The highest BCUT2D eigenvalue weighted by Crippen LogP contribution is 2.10. The van der Waals surface area contributed by atoms with Gasteiger partial charge in [0.1, 0.15) is 0 Å². The van der Waals surface area contributed by atoms with Crippen LogP contribution >= 0.6 is 0 Å². The number of nitrogens with one attached hydrogen (secondary N) is 2. The Kier molecular flexibility index (Phi) is 4.66. The summed E-state index contributed by atoms with van der Waals surface area (Å²) in [5, 5.41) is 6.22. The fraction of sp³-hybridized carbons (Fsp3) is 0.727. The molecule has 0 aromatic heterocycles. The normalized spacial score (nSPS) is 20.6. The van der Waals surface area contributed by atoms with Crippen LogP contribution in [0.5, 0.6) is 0 Å². The Balaban J connectivity index is 2.08. The lowest BCUT2D eigenvalue weighted by atomic mass is 10.1. The third kappa shape index (κ3) is 4.42. The molecule has 0 bridgehead atoms. The first-order valence-electron chi connectivity index (χ1n) is 5.32. The van der Waals surface area contributed by atoms with Gasteiger partial charge in [0.25, 0.3) is 0 Å². The summed E-state index contributed by atoms with van der Waals surface area (Å²) in [6.45, 7) is 6.90. The van der Waals surface area contributed by atoms with E-state index < -0.39 is 0 Å². The van der Waals surface area contributed by atoms with Gasteiger partial charge in [-0.3, -0.25) is 4.79 Å². The van der Waals surface area contributed by atoms with Crippen molar-refractivity contribution in [2.75, 3.05) is 19.6 Å². The summed E-state index contributed by atoms with van der Waals surface area (Å²) in [7, 11) is 0. The quantitative estimate of drug-likeness (QED) is 0.660. The Hall–Kier alpha value is -0.830. The molecular formula is C11H20N2O. The van der Waals surface area contributed by atoms with Crippen molar-refractivity contribution in [1.82, 2.24) is 10.6 Å². The molecule has 1 aliphatic rings. The topological polar surface area (TPSA) is 41.1 Å². The lowest BCUT2D eigenvalue weighted by Gasteiger charge is -2.07. The molecule has 0 aliphatic carbocycles. The maximum absolute atomic E-state index is 11.2. The van der Waals surface area contributed by atoms with Crippen LogP contribution in [0.2, 0.25) is 0 Å². The van der Waals surface area contributed by atoms with Crippen molar-refractivity contribution in [3.63, 3.8) is 0 Å². The van der Waals surface area contributed by atoms with E-state index in [2.05, 4.69) is 10.6 Å². The molecule has 3 nitrogen and oxygen atoms in total. The zero-order chi connectivity index (χ0) is 10.4. The zero-order valence-electron chi connectivity index (χ0n) is 9.10. The highest BCUT2D eigenvalue weighted by Gasteiger charge is 2.13. The average molecular weight is 196 g/mol. The predicted molar refractivity (Wildman–Crippen MR) is 58.0 cm³/mol. The highest BCUT2D eigenvalue weighted by atomic mass is 16.1. The molecule has 1 rings (SSSR count). The van der Waals surface area contributed by atoms with Gasteiger partial charge in [0.2, 0.25) is 5.91 Å². The maximum atomic E-state index is 11.2. The molecule has 14 heavy (non-hydrogen) atoms. The number of hydrogen-bond acceptors (Lipinski definition) is 2. The van der Waals surface area contributed by atoms with E-state index >= 15 is 0 Å². The van der Waals surface area contributed by atoms with Gasteiger partial charge in [0.15, 0.2) is 0 Å². The summed E-state index contributed by atoms with van der Waals surface area (Å²) < 4.78 is 0. The Morgan fingerprint density at radius 2 is 2.36 bits per heavy atom. The van der Waals surface area contributed by atoms with Crippen molar-refractivity contribution in [2.45, 2.75) is 26.7 Å². The second-order valence-electron chi connectivity index (χ2n) is 4.16. The molecule has 1 saturated heterocycles. The molecule has 80 valence electrons. The number of carbonyl (C=O) groups excluding carboxylic acids is 1. The third-order valence-corrected chi connectivity index (χ3v) is 2.43. The largest absolute Gasteiger partial charge is 0.353 e. The summed E-state index contributed by atoms with van der Waals surface area (Å²) in [5.74, 6) is 0.790. The van der Waals surface area contributed by atoms with Crippen LogP contribution in [-0.4, -0.2) is 25.5 Å². The lowest BCUT2D eigenvalue weighted by Crippen LogP contribution is -2.24. The standard InChI is InChI=1S/C11H20N2O/c1-9(2)7-11(14)13-6-4-10-3-5-12-8-10/h7,10,12H,3-6,8H2,1-2H3,(H,13,14). The van der Waals surface area contributed by atoms with Crippen molar-refractivity contribution in [2.24, 2.45) is 5.92 Å². The van der Waals surface area contributed by atoms with Gasteiger partial charge in [-0.25, -0.2) is 0 Å². The van der Waals surface area contributed by atoms with Crippen LogP contribution in [-0.2, 0) is 4.79 Å². The Bertz CT molecular complexity index is 213. The van der Waals surface area contributed by atoms with Gasteiger partial charge in [0.05, 0.1) is 0 Å². The minimum atomic E-state index is 0.0379. The summed E-state index contributed by atoms with van der Waals surface area (Å²) in [4.78, 5) is 11.2. The second kappa shape index (κ2) is 5.81. The van der Waals surface area contributed by atoms with Crippen molar-refractivity contribution < 1.29 is 4.79 Å². The maximum Gasteiger partial charge on any atom is 0.243 e. The van der Waals surface area contributed by atoms with Crippen LogP contribution < -0.4 is 10.6 Å². The van der Waals surface area contributed by atoms with E-state index in [0.29, 0.717) is 0 Å². The van der Waals surface area contributed by atoms with Gasteiger partial charge < -0.3 is 10.6 Å². The molecule has 0 aromatic carbocycles. The SMILES string of the molecule is CC(C)=CC(=O)NCCC1CCNC1. The summed E-state index contributed by atoms with van der Waals surface area (Å²) in [6.07, 6.45) is 3.99. The molecule has 1 aliphatic heterocycles. The van der Waals surface area contributed by atoms with Crippen LogP contribution in [0.15, 0.2) is 11.6 Å². The molecule has 1 amide bonds. The molecular weight excluding hydrogens is 176 g/mol. The van der Waals surface area contributed by atoms with Crippen molar-refractivity contribution >= 4 is 5.91 Å². The number of carbonyl (C=O) groups is 1. The molecule has 0 aromatic rings. The van der Waals surface area contributed by atoms with Gasteiger partial charge in [0, 0.05) is 12.6 Å². The molecule has 2 N–H and O–H groups in total. The first-order valence-corrected chi connectivity index (χ1v) is 5.32. The monoisotopic (exact) mass is 196 g/mol. The number of amides is 1. The molecule has 1 unspecified atom stereocenters. The minimum Gasteiger partial charge on any atom is -0.353 e. The van der Waals surface area contributed by atoms with E-state index in [1.165, 1.54) is 6.42 Å². The molecule has 1 atom stereocenters. The number of hydrogen-bond donors (Lipinski definition) is 2. The van der Waals surface area contributed by atoms with Crippen LogP contribution in [0, 0.1) is 5.92 Å². The Labute approximate surface area is 86.0 Å². The van der Waals surface area contributed by atoms with Gasteiger partial charge in [-0.2, -0.15) is 0 Å². The predicted octanol–water partition coefficient (Wildman–Crippen LogP) is 1.07. The van der Waals surface area contributed by atoms with Crippen molar-refractivity contribution in [3.8, 4) is 0 Å². The van der Waals surface area contributed by atoms with Crippen molar-refractivity contribution in [3.05, 3.63) is 11.6 Å². The van der Waals surface area contributed by atoms with Gasteiger partial charge >= 0.3 is 0 Å². The van der Waals surface area contributed by atoms with Crippen LogP contribution in [0.3, 0.4) is 0 Å². The molecule has 1 fully saturated rings. The second-order valence-corrected chi connectivity index (χ2v) is 4.16. The van der Waals surface area contributed by atoms with E-state index in [1.807, 2.05) is 13.8 Å². The number of rotatable bonds is 4. The van der Waals surface area contributed by atoms with E-state index in [9.17, 15) is 4.79 Å². The van der Waals surface area contributed by atoms with E-state index in [0.717, 1.165) is 37.5 Å². The fourth-order valence-electron chi connectivity index (χ4n) is 1.67. The van der Waals surface area contributed by atoms with Crippen LogP contribution in [0.1, 0.15) is 26.7 Å². The molecule has 0 spiro atoms. The molecule has 3 heteroatoms. The smallest absolute Gasteiger partial charge is 0.243 e. The van der Waals surface area contributed by atoms with Crippen LogP contribution in [0.4, 0.5) is 0 Å². The Morgan fingerprint density at radius 1 is 1.57 bits per heavy atom. The van der Waals surface area contributed by atoms with Gasteiger partial charge in [-0.15, -0.1) is 0 Å². The first-order chi connectivity index (χ1) is 6.68. The molecule has 1 heterocycles. The first kappa shape index (κ1) is 11.2. The van der Waals surface area contributed by atoms with E-state index in [1.54, 1.807) is 6.08 Å². The molecule has 0 radical (unpaired) electrons. The third-order valence-electron chi connectivity index (χ3n) is 2.43. The van der Waals surface area contributed by atoms with Gasteiger partial charge in [-0.05, 0) is 45.7 Å². The lowest BCUT2D eigenvalue weighted by molar-refractivity contribution is -0.116. The average Bonchev–Trinajstić information content (AvgIpc) is 2.55. The van der Waals surface area contributed by atoms with Gasteiger partial charge in [-0.1, -0.05) is 5.57 Å². The highest BCUT2D eigenvalue weighted by molar-refractivity contribution is 5.87. The summed E-state index contributed by atoms with van der Waals surface area (Å²) in [5.41, 5.74) is 1.05. The fourth-order valence-corrected chi connectivity index (χ4v) is 1.67. The Morgan fingerprint density at radius 3 is 2.93 bits per heavy atom. The van der Waals surface area contributed by atoms with E-state index in [4.69, 9.17) is 0 Å².